The average molecular weight is 343 g/mol. The van der Waals surface area contributed by atoms with Crippen LogP contribution in [0.1, 0.15) is 11.1 Å². The van der Waals surface area contributed by atoms with E-state index in [1.807, 2.05) is 13.2 Å². The van der Waals surface area contributed by atoms with Gasteiger partial charge >= 0.3 is 0 Å². The predicted octanol–water partition coefficient (Wildman–Crippen LogP) is 3.02. The number of phenols is 1. The zero-order valence-corrected chi connectivity index (χ0v) is 13.8. The molecule has 0 atom stereocenters. The normalized spacial score (nSPS) is 13.6. The number of aromatic hydroxyl groups is 1. The highest BCUT2D eigenvalue weighted by molar-refractivity contribution is 6.46. The minimum Gasteiger partial charge on any atom is -0.506 e. The van der Waals surface area contributed by atoms with Gasteiger partial charge in [0.2, 0.25) is 0 Å². The number of hydrogen-bond acceptors (Lipinski definition) is 5. The van der Waals surface area contributed by atoms with Gasteiger partial charge < -0.3 is 14.6 Å². The number of hydrogen-bond donors (Lipinski definition) is 1. The van der Waals surface area contributed by atoms with Gasteiger partial charge in [-0.3, -0.25) is 9.88 Å². The molecule has 7 heteroatoms. The lowest BCUT2D eigenvalue weighted by Gasteiger charge is -2.08. The van der Waals surface area contributed by atoms with Crippen LogP contribution < -0.4 is 0 Å². The number of halogens is 2. The Labute approximate surface area is 138 Å². The molecular weight excluding hydrogens is 327 g/mol. The molecule has 0 amide bonds. The average Bonchev–Trinajstić information content (AvgIpc) is 2.87. The fraction of sp³-hybridized carbons (Fsp3) is 0.333. The van der Waals surface area contributed by atoms with Crippen molar-refractivity contribution in [1.82, 2.24) is 9.88 Å². The lowest BCUT2D eigenvalue weighted by molar-refractivity contribution is -0.110. The van der Waals surface area contributed by atoms with Crippen LogP contribution in [0, 0.1) is 0 Å². The van der Waals surface area contributed by atoms with Gasteiger partial charge in [0.05, 0.1) is 10.5 Å². The van der Waals surface area contributed by atoms with Gasteiger partial charge in [-0.25, -0.2) is 0 Å². The van der Waals surface area contributed by atoms with Crippen molar-refractivity contribution in [1.29, 1.82) is 0 Å². The smallest absolute Gasteiger partial charge is 0.145 e. The van der Waals surface area contributed by atoms with E-state index >= 15 is 0 Å². The predicted molar refractivity (Wildman–Crippen MR) is 86.5 cm³/mol. The summed E-state index contributed by atoms with van der Waals surface area (Å²) in [6.07, 6.45) is 2.54. The Hall–Kier alpha value is -1.40. The Morgan fingerprint density at radius 2 is 2.14 bits per heavy atom. The molecule has 1 aromatic carbocycles. The Morgan fingerprint density at radius 1 is 1.41 bits per heavy atom. The van der Waals surface area contributed by atoms with Gasteiger partial charge in [-0.15, -0.1) is 0 Å². The SMILES string of the molecule is CN1Cc2cnc3c(Cl)c(Cl)c(O)cc3c2C1.COCC=O. The Morgan fingerprint density at radius 3 is 2.73 bits per heavy atom. The summed E-state index contributed by atoms with van der Waals surface area (Å²) in [5.41, 5.74) is 3.01. The Bertz CT molecular complexity index is 707. The van der Waals surface area contributed by atoms with Crippen LogP contribution in [0.2, 0.25) is 10.0 Å². The van der Waals surface area contributed by atoms with Crippen molar-refractivity contribution in [2.24, 2.45) is 0 Å². The van der Waals surface area contributed by atoms with Crippen molar-refractivity contribution in [3.8, 4) is 5.75 Å². The van der Waals surface area contributed by atoms with Gasteiger partial charge in [0.15, 0.2) is 0 Å². The first-order chi connectivity index (χ1) is 10.5. The summed E-state index contributed by atoms with van der Waals surface area (Å²) in [5.74, 6) is 0.00826. The molecule has 0 fully saturated rings. The molecule has 2 heterocycles. The molecule has 1 aromatic heterocycles. The number of phenolic OH excluding ortho intramolecular Hbond substituents is 1. The maximum absolute atomic E-state index is 9.74. The Balaban J connectivity index is 0.000000309. The highest BCUT2D eigenvalue weighted by Gasteiger charge is 2.21. The summed E-state index contributed by atoms with van der Waals surface area (Å²) >= 11 is 12.0. The molecule has 3 rings (SSSR count). The highest BCUT2D eigenvalue weighted by Crippen LogP contribution is 2.40. The minimum atomic E-state index is 0.00826. The molecule has 0 aliphatic carbocycles. The number of carbonyl (C=O) groups excluding carboxylic acids is 1. The molecule has 1 aliphatic heterocycles. The monoisotopic (exact) mass is 342 g/mol. The first-order valence-corrected chi connectivity index (χ1v) is 7.33. The molecule has 0 unspecified atom stereocenters. The third-order valence-corrected chi connectivity index (χ3v) is 4.17. The molecule has 1 aliphatic rings. The van der Waals surface area contributed by atoms with E-state index in [0.29, 0.717) is 16.8 Å². The van der Waals surface area contributed by atoms with Crippen molar-refractivity contribution in [2.75, 3.05) is 20.8 Å². The molecule has 0 saturated carbocycles. The van der Waals surface area contributed by atoms with Crippen molar-refractivity contribution in [3.05, 3.63) is 33.4 Å². The van der Waals surface area contributed by atoms with E-state index in [0.717, 1.165) is 18.5 Å². The fourth-order valence-electron chi connectivity index (χ4n) is 2.36. The van der Waals surface area contributed by atoms with Gasteiger partial charge in [0.1, 0.15) is 23.7 Å². The molecule has 118 valence electrons. The molecule has 0 radical (unpaired) electrons. The van der Waals surface area contributed by atoms with Gasteiger partial charge in [0, 0.05) is 31.8 Å². The topological polar surface area (TPSA) is 62.7 Å². The number of rotatable bonds is 2. The molecule has 22 heavy (non-hydrogen) atoms. The van der Waals surface area contributed by atoms with Crippen LogP contribution in [0.3, 0.4) is 0 Å². The molecule has 0 saturated heterocycles. The van der Waals surface area contributed by atoms with Gasteiger partial charge in [0.25, 0.3) is 0 Å². The maximum Gasteiger partial charge on any atom is 0.145 e. The summed E-state index contributed by atoms with van der Waals surface area (Å²) in [4.78, 5) is 15.8. The maximum atomic E-state index is 9.74. The summed E-state index contributed by atoms with van der Waals surface area (Å²) < 4.78 is 4.32. The lowest BCUT2D eigenvalue weighted by Crippen LogP contribution is -2.07. The number of pyridine rings is 1. The number of nitrogens with zero attached hydrogens (tertiary/aromatic N) is 2. The van der Waals surface area contributed by atoms with Gasteiger partial charge in [-0.1, -0.05) is 23.2 Å². The van der Waals surface area contributed by atoms with Crippen molar-refractivity contribution in [2.45, 2.75) is 13.1 Å². The Kier molecular flexibility index (Phi) is 5.58. The second kappa shape index (κ2) is 7.24. The summed E-state index contributed by atoms with van der Waals surface area (Å²) in [5, 5.41) is 11.1. The summed E-state index contributed by atoms with van der Waals surface area (Å²) in [6.45, 7) is 1.92. The van der Waals surface area contributed by atoms with Gasteiger partial charge in [-0.2, -0.15) is 0 Å². The molecular formula is C15H16Cl2N2O3. The second-order valence-corrected chi connectivity index (χ2v) is 5.73. The number of benzene rings is 1. The molecule has 5 nitrogen and oxygen atoms in total. The number of methoxy groups -OCH3 is 1. The van der Waals surface area contributed by atoms with Crippen LogP contribution >= 0.6 is 23.2 Å². The van der Waals surface area contributed by atoms with Crippen LogP contribution in [-0.4, -0.2) is 42.0 Å². The van der Waals surface area contributed by atoms with Crippen LogP contribution in [0.15, 0.2) is 12.3 Å². The summed E-state index contributed by atoms with van der Waals surface area (Å²) in [7, 11) is 3.53. The highest BCUT2D eigenvalue weighted by atomic mass is 35.5. The largest absolute Gasteiger partial charge is 0.506 e. The van der Waals surface area contributed by atoms with Crippen molar-refractivity contribution < 1.29 is 14.6 Å². The lowest BCUT2D eigenvalue weighted by atomic mass is 10.1. The second-order valence-electron chi connectivity index (χ2n) is 4.98. The number of fused-ring (bicyclic) bond motifs is 3. The van der Waals surface area contributed by atoms with E-state index < -0.39 is 0 Å². The minimum absolute atomic E-state index is 0.00826. The van der Waals surface area contributed by atoms with E-state index in [1.54, 1.807) is 6.07 Å². The fourth-order valence-corrected chi connectivity index (χ4v) is 2.75. The molecule has 0 bridgehead atoms. The first kappa shape index (κ1) is 17.0. The van der Waals surface area contributed by atoms with E-state index in [4.69, 9.17) is 23.2 Å². The third-order valence-electron chi connectivity index (χ3n) is 3.33. The van der Waals surface area contributed by atoms with Gasteiger partial charge in [-0.05, 0) is 24.2 Å². The van der Waals surface area contributed by atoms with Crippen molar-refractivity contribution >= 4 is 40.4 Å². The zero-order chi connectivity index (χ0) is 16.3. The number of carbonyl (C=O) groups is 1. The zero-order valence-electron chi connectivity index (χ0n) is 12.3. The van der Waals surface area contributed by atoms with Crippen molar-refractivity contribution in [3.63, 3.8) is 0 Å². The van der Waals surface area contributed by atoms with Crippen LogP contribution in [0.25, 0.3) is 10.9 Å². The molecule has 1 N–H and O–H groups in total. The third kappa shape index (κ3) is 3.33. The number of ether oxygens (including phenoxy) is 1. The first-order valence-electron chi connectivity index (χ1n) is 6.58. The van der Waals surface area contributed by atoms with E-state index in [2.05, 4.69) is 14.6 Å². The quantitative estimate of drug-likeness (QED) is 0.850. The van der Waals surface area contributed by atoms with E-state index in [9.17, 15) is 9.90 Å². The number of aromatic nitrogens is 1. The summed E-state index contributed by atoms with van der Waals surface area (Å²) in [6, 6.07) is 1.65. The van der Waals surface area contributed by atoms with E-state index in [-0.39, 0.29) is 17.4 Å². The van der Waals surface area contributed by atoms with Crippen LogP contribution in [-0.2, 0) is 22.6 Å². The molecule has 0 spiro atoms. The van der Waals surface area contributed by atoms with E-state index in [1.165, 1.54) is 18.2 Å². The van der Waals surface area contributed by atoms with Crippen LogP contribution in [0.4, 0.5) is 0 Å². The number of aldehydes is 1. The van der Waals surface area contributed by atoms with Crippen LogP contribution in [0.5, 0.6) is 5.75 Å². The molecule has 2 aromatic rings. The standard InChI is InChI=1S/C12H10Cl2N2O.C3H6O2/c1-16-4-6-3-15-12-7(8(6)5-16)2-9(17)10(13)11(12)14;1-5-3-2-4/h2-3,17H,4-5H2,1H3;2H,3H2,1H3.